The van der Waals surface area contributed by atoms with Gasteiger partial charge in [0.25, 0.3) is 0 Å². The lowest BCUT2D eigenvalue weighted by atomic mass is 10.1. The van der Waals surface area contributed by atoms with Gasteiger partial charge in [-0.1, -0.05) is 0 Å². The summed E-state index contributed by atoms with van der Waals surface area (Å²) in [6, 6.07) is 5.80. The summed E-state index contributed by atoms with van der Waals surface area (Å²) in [6.45, 7) is 0. The van der Waals surface area contributed by atoms with E-state index in [-0.39, 0.29) is 27.3 Å². The van der Waals surface area contributed by atoms with E-state index in [1.54, 1.807) is 0 Å². The van der Waals surface area contributed by atoms with Gasteiger partial charge in [0.05, 0.1) is 21.7 Å². The van der Waals surface area contributed by atoms with Crippen molar-refractivity contribution < 1.29 is 34.8 Å². The summed E-state index contributed by atoms with van der Waals surface area (Å²) in [6.07, 6.45) is -8.93. The number of sulfonamides is 1. The highest BCUT2D eigenvalue weighted by Gasteiger charge is 2.34. The van der Waals surface area contributed by atoms with Crippen molar-refractivity contribution >= 4 is 32.4 Å². The SMILES string of the molecule is CN(C)S(=O)(=O)c1ccc2c(Nc3ccc(C(F)(F)F)cn3)cc(C(F)(F)F)nc2c1. The van der Waals surface area contributed by atoms with E-state index in [4.69, 9.17) is 0 Å². The van der Waals surface area contributed by atoms with Crippen LogP contribution in [0, 0.1) is 0 Å². The maximum absolute atomic E-state index is 13.3. The highest BCUT2D eigenvalue weighted by atomic mass is 32.2. The number of hydrogen-bond donors (Lipinski definition) is 1. The molecule has 0 aliphatic rings. The smallest absolute Gasteiger partial charge is 0.340 e. The van der Waals surface area contributed by atoms with Gasteiger partial charge >= 0.3 is 12.4 Å². The Morgan fingerprint density at radius 3 is 2.13 bits per heavy atom. The average molecular weight is 464 g/mol. The number of fused-ring (bicyclic) bond motifs is 1. The van der Waals surface area contributed by atoms with Gasteiger partial charge in [-0.3, -0.25) is 0 Å². The summed E-state index contributed by atoms with van der Waals surface area (Å²) < 4.78 is 104. The van der Waals surface area contributed by atoms with Crippen LogP contribution in [0.2, 0.25) is 0 Å². The summed E-state index contributed by atoms with van der Waals surface area (Å²) >= 11 is 0. The third kappa shape index (κ3) is 4.71. The van der Waals surface area contributed by atoms with Crippen LogP contribution in [0.15, 0.2) is 47.5 Å². The molecule has 3 rings (SSSR count). The first-order valence-corrected chi connectivity index (χ1v) is 9.88. The van der Waals surface area contributed by atoms with Crippen molar-refractivity contribution in [2.45, 2.75) is 17.2 Å². The molecule has 6 nitrogen and oxygen atoms in total. The van der Waals surface area contributed by atoms with E-state index in [9.17, 15) is 34.8 Å². The largest absolute Gasteiger partial charge is 0.433 e. The molecular formula is C18H14F6N4O2S. The molecule has 0 unspecified atom stereocenters. The van der Waals surface area contributed by atoms with Gasteiger partial charge in [0.2, 0.25) is 10.0 Å². The van der Waals surface area contributed by atoms with Gasteiger partial charge < -0.3 is 5.32 Å². The lowest BCUT2D eigenvalue weighted by molar-refractivity contribution is -0.141. The topological polar surface area (TPSA) is 75.2 Å². The predicted octanol–water partition coefficient (Wildman–Crippen LogP) is 4.66. The van der Waals surface area contributed by atoms with Crippen LogP contribution in [0.5, 0.6) is 0 Å². The van der Waals surface area contributed by atoms with Gasteiger partial charge in [-0.15, -0.1) is 0 Å². The molecule has 0 bridgehead atoms. The van der Waals surface area contributed by atoms with Crippen molar-refractivity contribution in [2.24, 2.45) is 0 Å². The first kappa shape index (κ1) is 22.7. The summed E-state index contributed by atoms with van der Waals surface area (Å²) in [7, 11) is -1.40. The number of pyridine rings is 2. The van der Waals surface area contributed by atoms with Crippen LogP contribution in [0.3, 0.4) is 0 Å². The molecule has 0 aliphatic heterocycles. The molecule has 3 aromatic rings. The summed E-state index contributed by atoms with van der Waals surface area (Å²) in [5.41, 5.74) is -2.76. The third-order valence-corrected chi connectivity index (χ3v) is 6.01. The fourth-order valence-corrected chi connectivity index (χ4v) is 3.52. The van der Waals surface area contributed by atoms with E-state index in [2.05, 4.69) is 15.3 Å². The standard InChI is InChI=1S/C18H14F6N4O2S/c1-28(2)31(29,30)11-4-5-12-13(7-11)26-15(18(22,23)24)8-14(12)27-16-6-3-10(9-25-16)17(19,20)21/h3-9H,1-2H3,(H,25,26,27). The van der Waals surface area contributed by atoms with Crippen molar-refractivity contribution in [3.63, 3.8) is 0 Å². The number of hydrogen-bond acceptors (Lipinski definition) is 5. The molecule has 0 aliphatic carbocycles. The summed E-state index contributed by atoms with van der Waals surface area (Å²) in [4.78, 5) is 6.83. The molecule has 2 aromatic heterocycles. The first-order valence-electron chi connectivity index (χ1n) is 8.44. The molecule has 13 heteroatoms. The maximum atomic E-state index is 13.3. The van der Waals surface area contributed by atoms with Gasteiger partial charge in [-0.2, -0.15) is 26.3 Å². The molecule has 0 radical (unpaired) electrons. The van der Waals surface area contributed by atoms with Crippen LogP contribution in [-0.2, 0) is 22.4 Å². The van der Waals surface area contributed by atoms with Crippen molar-refractivity contribution in [3.8, 4) is 0 Å². The number of aromatic nitrogens is 2. The van der Waals surface area contributed by atoms with Gasteiger partial charge in [0.1, 0.15) is 11.5 Å². The predicted molar refractivity (Wildman–Crippen MR) is 100 cm³/mol. The Hall–Kier alpha value is -2.93. The summed E-state index contributed by atoms with van der Waals surface area (Å²) in [5.74, 6) is -0.140. The first-order chi connectivity index (χ1) is 14.2. The van der Waals surface area contributed by atoms with Crippen LogP contribution in [0.4, 0.5) is 37.8 Å². The number of nitrogens with zero attached hydrogens (tertiary/aromatic N) is 3. The molecule has 0 fully saturated rings. The Labute approximate surface area is 172 Å². The van der Waals surface area contributed by atoms with Gasteiger partial charge in [0.15, 0.2) is 0 Å². The Morgan fingerprint density at radius 2 is 1.61 bits per heavy atom. The van der Waals surface area contributed by atoms with Crippen molar-refractivity contribution in [3.05, 3.63) is 53.9 Å². The molecule has 1 N–H and O–H groups in total. The second kappa shape index (κ2) is 7.64. The Balaban J connectivity index is 2.13. The number of halogens is 6. The minimum atomic E-state index is -4.85. The zero-order valence-electron chi connectivity index (χ0n) is 15.9. The van der Waals surface area contributed by atoms with E-state index in [1.807, 2.05) is 0 Å². The fourth-order valence-electron chi connectivity index (χ4n) is 2.60. The molecule has 166 valence electrons. The monoisotopic (exact) mass is 464 g/mol. The molecule has 1 aromatic carbocycles. The van der Waals surface area contributed by atoms with E-state index in [0.717, 1.165) is 22.5 Å². The highest BCUT2D eigenvalue weighted by molar-refractivity contribution is 7.89. The molecule has 0 saturated heterocycles. The maximum Gasteiger partial charge on any atom is 0.433 e. The molecular weight excluding hydrogens is 450 g/mol. The molecule has 0 atom stereocenters. The molecule has 2 heterocycles. The van der Waals surface area contributed by atoms with E-state index >= 15 is 0 Å². The average Bonchev–Trinajstić information content (AvgIpc) is 2.66. The quantitative estimate of drug-likeness (QED) is 0.569. The van der Waals surface area contributed by atoms with Crippen LogP contribution in [0.25, 0.3) is 10.9 Å². The van der Waals surface area contributed by atoms with E-state index < -0.39 is 33.6 Å². The molecule has 0 saturated carbocycles. The van der Waals surface area contributed by atoms with Gasteiger partial charge in [-0.05, 0) is 36.4 Å². The lowest BCUT2D eigenvalue weighted by Crippen LogP contribution is -2.22. The highest BCUT2D eigenvalue weighted by Crippen LogP contribution is 2.35. The number of alkyl halides is 6. The van der Waals surface area contributed by atoms with E-state index in [1.165, 1.54) is 26.2 Å². The fraction of sp³-hybridized carbons (Fsp3) is 0.222. The van der Waals surface area contributed by atoms with Crippen molar-refractivity contribution in [2.75, 3.05) is 19.4 Å². The van der Waals surface area contributed by atoms with E-state index in [0.29, 0.717) is 12.3 Å². The second-order valence-electron chi connectivity index (χ2n) is 6.57. The number of benzene rings is 1. The normalized spacial score (nSPS) is 13.1. The number of nitrogens with one attached hydrogen (secondary N) is 1. The zero-order valence-corrected chi connectivity index (χ0v) is 16.7. The van der Waals surface area contributed by atoms with Gasteiger partial charge in [-0.25, -0.2) is 22.7 Å². The van der Waals surface area contributed by atoms with Crippen LogP contribution >= 0.6 is 0 Å². The molecule has 0 spiro atoms. The summed E-state index contributed by atoms with van der Waals surface area (Å²) in [5, 5.41) is 2.66. The number of rotatable bonds is 4. The Kier molecular flexibility index (Phi) is 5.61. The van der Waals surface area contributed by atoms with Gasteiger partial charge in [0, 0.05) is 25.7 Å². The van der Waals surface area contributed by atoms with Crippen LogP contribution in [0.1, 0.15) is 11.3 Å². The Morgan fingerprint density at radius 1 is 0.935 bits per heavy atom. The van der Waals surface area contributed by atoms with Crippen molar-refractivity contribution in [1.82, 2.24) is 14.3 Å². The Bertz CT molecular complexity index is 1220. The minimum absolute atomic E-state index is 0.118. The van der Waals surface area contributed by atoms with Crippen molar-refractivity contribution in [1.29, 1.82) is 0 Å². The lowest BCUT2D eigenvalue weighted by Gasteiger charge is -2.15. The second-order valence-corrected chi connectivity index (χ2v) is 8.73. The third-order valence-electron chi connectivity index (χ3n) is 4.20. The zero-order chi connectivity index (χ0) is 23.2. The molecule has 0 amide bonds. The number of anilines is 2. The van der Waals surface area contributed by atoms with Crippen LogP contribution in [-0.4, -0.2) is 36.8 Å². The van der Waals surface area contributed by atoms with Crippen LogP contribution < -0.4 is 5.32 Å². The molecule has 31 heavy (non-hydrogen) atoms. The minimum Gasteiger partial charge on any atom is -0.340 e.